The summed E-state index contributed by atoms with van der Waals surface area (Å²) in [5.74, 6) is -0.565. The molecule has 2 atom stereocenters. The van der Waals surface area contributed by atoms with Crippen LogP contribution in [-0.2, 0) is 14.6 Å². The SMILES string of the molecule is CC(N)C(C)C(=O)NCCS(=O)(=O)C(C)(C)C.Cl. The van der Waals surface area contributed by atoms with E-state index >= 15 is 0 Å². The van der Waals surface area contributed by atoms with Crippen LogP contribution in [-0.4, -0.2) is 37.4 Å². The zero-order valence-electron chi connectivity index (χ0n) is 11.7. The number of halogens is 1. The Morgan fingerprint density at radius 1 is 1.28 bits per heavy atom. The molecule has 0 aromatic carbocycles. The van der Waals surface area contributed by atoms with Gasteiger partial charge in [-0.2, -0.15) is 0 Å². The monoisotopic (exact) mass is 300 g/mol. The van der Waals surface area contributed by atoms with E-state index in [-0.39, 0.29) is 42.6 Å². The van der Waals surface area contributed by atoms with Gasteiger partial charge < -0.3 is 11.1 Å². The van der Waals surface area contributed by atoms with Crippen LogP contribution in [0.2, 0.25) is 0 Å². The van der Waals surface area contributed by atoms with Crippen LogP contribution in [0, 0.1) is 5.92 Å². The Morgan fingerprint density at radius 3 is 2.06 bits per heavy atom. The quantitative estimate of drug-likeness (QED) is 0.783. The molecule has 0 bridgehead atoms. The minimum atomic E-state index is -3.19. The number of hydrogen-bond donors (Lipinski definition) is 2. The summed E-state index contributed by atoms with van der Waals surface area (Å²) >= 11 is 0. The summed E-state index contributed by atoms with van der Waals surface area (Å²) in [5, 5.41) is 2.59. The number of nitrogens with one attached hydrogen (secondary N) is 1. The van der Waals surface area contributed by atoms with Crippen LogP contribution in [0.3, 0.4) is 0 Å². The zero-order valence-corrected chi connectivity index (χ0v) is 13.3. The second kappa shape index (κ2) is 7.31. The summed E-state index contributed by atoms with van der Waals surface area (Å²) in [6.45, 7) is 8.54. The van der Waals surface area contributed by atoms with Crippen molar-refractivity contribution in [3.8, 4) is 0 Å². The predicted octanol–water partition coefficient (Wildman–Crippen LogP) is 0.721. The molecule has 0 fully saturated rings. The van der Waals surface area contributed by atoms with Crippen LogP contribution < -0.4 is 11.1 Å². The Morgan fingerprint density at radius 2 is 1.72 bits per heavy atom. The number of carbonyl (C=O) groups is 1. The molecular weight excluding hydrogens is 276 g/mol. The van der Waals surface area contributed by atoms with Crippen molar-refractivity contribution in [3.05, 3.63) is 0 Å². The molecule has 0 radical (unpaired) electrons. The Labute approximate surface area is 116 Å². The maximum Gasteiger partial charge on any atom is 0.224 e. The number of hydrogen-bond acceptors (Lipinski definition) is 4. The Hall–Kier alpha value is -0.330. The van der Waals surface area contributed by atoms with E-state index in [1.165, 1.54) is 0 Å². The summed E-state index contributed by atoms with van der Waals surface area (Å²) in [4.78, 5) is 11.5. The average molecular weight is 301 g/mol. The van der Waals surface area contributed by atoms with E-state index in [4.69, 9.17) is 5.73 Å². The van der Waals surface area contributed by atoms with Crippen LogP contribution in [0.15, 0.2) is 0 Å². The first kappa shape index (κ1) is 20.0. The van der Waals surface area contributed by atoms with E-state index in [1.54, 1.807) is 34.6 Å². The van der Waals surface area contributed by atoms with Gasteiger partial charge in [0.25, 0.3) is 0 Å². The normalized spacial score (nSPS) is 15.4. The first-order chi connectivity index (χ1) is 7.49. The lowest BCUT2D eigenvalue weighted by atomic mass is 10.0. The molecular formula is C11H25ClN2O3S. The maximum absolute atomic E-state index is 11.8. The summed E-state index contributed by atoms with van der Waals surface area (Å²) in [5.41, 5.74) is 5.58. The highest BCUT2D eigenvalue weighted by atomic mass is 35.5. The lowest BCUT2D eigenvalue weighted by molar-refractivity contribution is -0.124. The lowest BCUT2D eigenvalue weighted by Gasteiger charge is -2.20. The average Bonchev–Trinajstić information content (AvgIpc) is 2.14. The van der Waals surface area contributed by atoms with Crippen molar-refractivity contribution in [2.45, 2.75) is 45.4 Å². The molecule has 5 nitrogen and oxygen atoms in total. The summed E-state index contributed by atoms with van der Waals surface area (Å²) in [6, 6.07) is -0.241. The highest BCUT2D eigenvalue weighted by Crippen LogP contribution is 2.15. The molecule has 0 spiro atoms. The molecule has 0 aromatic rings. The minimum Gasteiger partial charge on any atom is -0.355 e. The van der Waals surface area contributed by atoms with Gasteiger partial charge in [-0.05, 0) is 27.7 Å². The van der Waals surface area contributed by atoms with Gasteiger partial charge in [0.1, 0.15) is 0 Å². The number of nitrogens with two attached hydrogens (primary N) is 1. The smallest absolute Gasteiger partial charge is 0.224 e. The standard InChI is InChI=1S/C11H24N2O3S.ClH/c1-8(9(2)12)10(14)13-6-7-17(15,16)11(3,4)5;/h8-9H,6-7,12H2,1-5H3,(H,13,14);1H. The summed E-state index contributed by atoms with van der Waals surface area (Å²) < 4.78 is 22.7. The molecule has 110 valence electrons. The summed E-state index contributed by atoms with van der Waals surface area (Å²) in [6.07, 6.45) is 0. The molecule has 1 amide bonds. The predicted molar refractivity (Wildman–Crippen MR) is 76.6 cm³/mol. The van der Waals surface area contributed by atoms with E-state index in [0.717, 1.165) is 0 Å². The van der Waals surface area contributed by atoms with Gasteiger partial charge in [0, 0.05) is 18.5 Å². The van der Waals surface area contributed by atoms with Crippen LogP contribution in [0.25, 0.3) is 0 Å². The molecule has 0 rings (SSSR count). The molecule has 2 unspecified atom stereocenters. The Bertz CT molecular complexity index is 361. The molecule has 0 aromatic heterocycles. The molecule has 3 N–H and O–H groups in total. The van der Waals surface area contributed by atoms with Crippen molar-refractivity contribution in [1.82, 2.24) is 5.32 Å². The van der Waals surface area contributed by atoms with E-state index in [9.17, 15) is 13.2 Å². The van der Waals surface area contributed by atoms with Gasteiger partial charge in [-0.15, -0.1) is 12.4 Å². The van der Waals surface area contributed by atoms with Crippen LogP contribution in [0.5, 0.6) is 0 Å². The molecule has 18 heavy (non-hydrogen) atoms. The Balaban J connectivity index is 0. The highest BCUT2D eigenvalue weighted by molar-refractivity contribution is 7.92. The van der Waals surface area contributed by atoms with Crippen molar-refractivity contribution in [3.63, 3.8) is 0 Å². The van der Waals surface area contributed by atoms with Crippen molar-refractivity contribution >= 4 is 28.2 Å². The van der Waals surface area contributed by atoms with E-state index in [0.29, 0.717) is 0 Å². The third kappa shape index (κ3) is 6.02. The minimum absolute atomic E-state index is 0. The topological polar surface area (TPSA) is 89.3 Å². The number of rotatable bonds is 5. The van der Waals surface area contributed by atoms with Crippen molar-refractivity contribution in [2.75, 3.05) is 12.3 Å². The van der Waals surface area contributed by atoms with Gasteiger partial charge in [0.05, 0.1) is 10.5 Å². The fourth-order valence-electron chi connectivity index (χ4n) is 1.01. The van der Waals surface area contributed by atoms with E-state index in [1.807, 2.05) is 0 Å². The van der Waals surface area contributed by atoms with Gasteiger partial charge in [0.2, 0.25) is 5.91 Å². The number of amides is 1. The fourth-order valence-corrected chi connectivity index (χ4v) is 2.00. The molecule has 0 aliphatic carbocycles. The van der Waals surface area contributed by atoms with E-state index < -0.39 is 14.6 Å². The summed E-state index contributed by atoms with van der Waals surface area (Å²) in [7, 11) is -3.19. The van der Waals surface area contributed by atoms with Crippen molar-refractivity contribution < 1.29 is 13.2 Å². The molecule has 0 aliphatic rings. The lowest BCUT2D eigenvalue weighted by Crippen LogP contribution is -2.42. The largest absolute Gasteiger partial charge is 0.355 e. The van der Waals surface area contributed by atoms with E-state index in [2.05, 4.69) is 5.32 Å². The van der Waals surface area contributed by atoms with Crippen LogP contribution in [0.4, 0.5) is 0 Å². The fraction of sp³-hybridized carbons (Fsp3) is 0.909. The first-order valence-corrected chi connectivity index (χ1v) is 7.40. The van der Waals surface area contributed by atoms with Gasteiger partial charge >= 0.3 is 0 Å². The van der Waals surface area contributed by atoms with Crippen LogP contribution in [0.1, 0.15) is 34.6 Å². The van der Waals surface area contributed by atoms with Crippen molar-refractivity contribution in [2.24, 2.45) is 11.7 Å². The third-order valence-corrected chi connectivity index (χ3v) is 5.41. The first-order valence-electron chi connectivity index (χ1n) is 5.74. The van der Waals surface area contributed by atoms with Gasteiger partial charge in [-0.1, -0.05) is 6.92 Å². The maximum atomic E-state index is 11.8. The zero-order chi connectivity index (χ0) is 13.9. The second-order valence-electron chi connectivity index (χ2n) is 5.37. The van der Waals surface area contributed by atoms with Crippen molar-refractivity contribution in [1.29, 1.82) is 0 Å². The highest BCUT2D eigenvalue weighted by Gasteiger charge is 2.28. The van der Waals surface area contributed by atoms with Gasteiger partial charge in [-0.3, -0.25) is 4.79 Å². The number of sulfone groups is 1. The molecule has 0 heterocycles. The van der Waals surface area contributed by atoms with Gasteiger partial charge in [-0.25, -0.2) is 8.42 Å². The van der Waals surface area contributed by atoms with Crippen LogP contribution >= 0.6 is 12.4 Å². The third-order valence-electron chi connectivity index (χ3n) is 2.81. The second-order valence-corrected chi connectivity index (χ2v) is 8.23. The molecule has 0 saturated heterocycles. The molecule has 0 saturated carbocycles. The molecule has 0 aliphatic heterocycles. The Kier molecular flexibility index (Phi) is 8.12. The molecule has 7 heteroatoms. The number of carbonyl (C=O) groups excluding carboxylic acids is 1. The van der Waals surface area contributed by atoms with Gasteiger partial charge in [0.15, 0.2) is 9.84 Å².